The maximum Gasteiger partial charge on any atom is 0.231 e. The summed E-state index contributed by atoms with van der Waals surface area (Å²) in [4.78, 5) is 14.1. The van der Waals surface area contributed by atoms with Crippen LogP contribution in [0.5, 0.6) is 0 Å². The Labute approximate surface area is 121 Å². The molecule has 1 fully saturated rings. The summed E-state index contributed by atoms with van der Waals surface area (Å²) in [6.45, 7) is 3.34. The fraction of sp³-hybridized carbons (Fsp3) is 0.308. The summed E-state index contributed by atoms with van der Waals surface area (Å²) in [5.41, 5.74) is 2.06. The van der Waals surface area contributed by atoms with Crippen LogP contribution in [-0.4, -0.2) is 41.3 Å². The monoisotopic (exact) mass is 291 g/mol. The molecule has 0 bridgehead atoms. The average molecular weight is 292 g/mol. The Morgan fingerprint density at radius 3 is 2.85 bits per heavy atom. The van der Waals surface area contributed by atoms with Crippen molar-refractivity contribution < 1.29 is 4.74 Å². The van der Waals surface area contributed by atoms with Crippen LogP contribution >= 0.6 is 11.6 Å². The van der Waals surface area contributed by atoms with Crippen molar-refractivity contribution in [2.45, 2.75) is 0 Å². The maximum atomic E-state index is 5.74. The van der Waals surface area contributed by atoms with Crippen LogP contribution in [-0.2, 0) is 4.74 Å². The van der Waals surface area contributed by atoms with Gasteiger partial charge in [0.2, 0.25) is 11.2 Å². The van der Waals surface area contributed by atoms with Crippen molar-refractivity contribution in [1.82, 2.24) is 15.0 Å². The molecule has 0 spiro atoms. The molecule has 1 aliphatic heterocycles. The molecule has 0 atom stereocenters. The first-order valence-corrected chi connectivity index (χ1v) is 6.73. The van der Waals surface area contributed by atoms with Crippen LogP contribution in [0.1, 0.15) is 0 Å². The van der Waals surface area contributed by atoms with E-state index in [2.05, 4.69) is 37.3 Å². The van der Waals surface area contributed by atoms with Crippen LogP contribution < -0.4 is 10.2 Å². The first kappa shape index (κ1) is 13.1. The highest BCUT2D eigenvalue weighted by atomic mass is 35.5. The van der Waals surface area contributed by atoms with Gasteiger partial charge in [-0.05, 0) is 29.8 Å². The fourth-order valence-electron chi connectivity index (χ4n) is 2.07. The second-order valence-electron chi connectivity index (χ2n) is 4.35. The first-order chi connectivity index (χ1) is 9.81. The molecule has 2 aromatic rings. The molecule has 20 heavy (non-hydrogen) atoms. The molecule has 104 valence electrons. The van der Waals surface area contributed by atoms with Crippen molar-refractivity contribution in [3.63, 3.8) is 0 Å². The number of morpholine rings is 1. The van der Waals surface area contributed by atoms with Crippen LogP contribution in [0.15, 0.2) is 30.6 Å². The Bertz CT molecular complexity index is 588. The molecule has 0 amide bonds. The number of hydrogen-bond donors (Lipinski definition) is 1. The van der Waals surface area contributed by atoms with E-state index in [1.165, 1.54) is 6.33 Å². The van der Waals surface area contributed by atoms with Gasteiger partial charge in [0.05, 0.1) is 13.2 Å². The molecule has 1 N–H and O–H groups in total. The Balaban J connectivity index is 1.77. The van der Waals surface area contributed by atoms with Gasteiger partial charge in [0, 0.05) is 24.5 Å². The first-order valence-electron chi connectivity index (χ1n) is 6.35. The van der Waals surface area contributed by atoms with E-state index in [-0.39, 0.29) is 5.28 Å². The molecule has 0 saturated carbocycles. The summed E-state index contributed by atoms with van der Waals surface area (Å²) in [6.07, 6.45) is 1.38. The molecule has 1 aliphatic rings. The van der Waals surface area contributed by atoms with E-state index in [0.29, 0.717) is 5.95 Å². The topological polar surface area (TPSA) is 63.2 Å². The molecule has 0 aliphatic carbocycles. The Morgan fingerprint density at radius 2 is 2.05 bits per heavy atom. The molecule has 7 heteroatoms. The van der Waals surface area contributed by atoms with E-state index in [9.17, 15) is 0 Å². The summed E-state index contributed by atoms with van der Waals surface area (Å²) >= 11 is 5.74. The second kappa shape index (κ2) is 6.02. The van der Waals surface area contributed by atoms with Gasteiger partial charge in [0.1, 0.15) is 6.33 Å². The smallest absolute Gasteiger partial charge is 0.231 e. The minimum atomic E-state index is 0.173. The molecule has 1 aromatic heterocycles. The van der Waals surface area contributed by atoms with Gasteiger partial charge in [-0.3, -0.25) is 0 Å². The van der Waals surface area contributed by atoms with Gasteiger partial charge in [-0.25, -0.2) is 9.97 Å². The molecule has 6 nitrogen and oxygen atoms in total. The van der Waals surface area contributed by atoms with E-state index < -0.39 is 0 Å². The lowest BCUT2D eigenvalue weighted by Gasteiger charge is -2.29. The van der Waals surface area contributed by atoms with Gasteiger partial charge >= 0.3 is 0 Å². The van der Waals surface area contributed by atoms with Crippen molar-refractivity contribution in [1.29, 1.82) is 0 Å². The number of rotatable bonds is 3. The second-order valence-corrected chi connectivity index (χ2v) is 4.69. The quantitative estimate of drug-likeness (QED) is 0.934. The molecule has 3 rings (SSSR count). The van der Waals surface area contributed by atoms with Gasteiger partial charge in [-0.1, -0.05) is 6.07 Å². The van der Waals surface area contributed by atoms with Gasteiger partial charge < -0.3 is 15.0 Å². The molecular weight excluding hydrogens is 278 g/mol. The number of aromatic nitrogens is 3. The number of ether oxygens (including phenoxy) is 1. The van der Waals surface area contributed by atoms with E-state index in [4.69, 9.17) is 16.3 Å². The minimum absolute atomic E-state index is 0.173. The Hall–Kier alpha value is -1.92. The molecule has 0 radical (unpaired) electrons. The number of hydrogen-bond acceptors (Lipinski definition) is 6. The fourth-order valence-corrected chi connectivity index (χ4v) is 2.19. The lowest BCUT2D eigenvalue weighted by molar-refractivity contribution is 0.122. The van der Waals surface area contributed by atoms with E-state index >= 15 is 0 Å². The van der Waals surface area contributed by atoms with E-state index in [0.717, 1.165) is 37.7 Å². The lowest BCUT2D eigenvalue weighted by Crippen LogP contribution is -2.36. The number of nitrogens with one attached hydrogen (secondary N) is 1. The summed E-state index contributed by atoms with van der Waals surface area (Å²) in [6, 6.07) is 8.09. The number of nitrogens with zero attached hydrogens (tertiary/aromatic N) is 4. The zero-order valence-electron chi connectivity index (χ0n) is 10.8. The van der Waals surface area contributed by atoms with E-state index in [1.807, 2.05) is 12.1 Å². The van der Waals surface area contributed by atoms with Crippen LogP contribution in [0.4, 0.5) is 17.3 Å². The number of anilines is 3. The highest BCUT2D eigenvalue weighted by Crippen LogP contribution is 2.22. The summed E-state index contributed by atoms with van der Waals surface area (Å²) < 4.78 is 5.36. The number of halogens is 1. The van der Waals surface area contributed by atoms with Crippen molar-refractivity contribution >= 4 is 28.9 Å². The van der Waals surface area contributed by atoms with Crippen molar-refractivity contribution in [3.8, 4) is 0 Å². The molecular formula is C13H14ClN5O. The van der Waals surface area contributed by atoms with Crippen molar-refractivity contribution in [2.24, 2.45) is 0 Å². The predicted molar refractivity (Wildman–Crippen MR) is 77.6 cm³/mol. The molecule has 2 heterocycles. The van der Waals surface area contributed by atoms with E-state index in [1.54, 1.807) is 0 Å². The van der Waals surface area contributed by atoms with Crippen molar-refractivity contribution in [3.05, 3.63) is 35.9 Å². The Kier molecular flexibility index (Phi) is 3.94. The molecule has 0 unspecified atom stereocenters. The highest BCUT2D eigenvalue weighted by molar-refractivity contribution is 6.28. The van der Waals surface area contributed by atoms with Gasteiger partial charge in [-0.15, -0.1) is 0 Å². The van der Waals surface area contributed by atoms with Crippen LogP contribution in [0, 0.1) is 0 Å². The summed E-state index contributed by atoms with van der Waals surface area (Å²) in [7, 11) is 0. The third-order valence-corrected chi connectivity index (χ3v) is 3.20. The van der Waals surface area contributed by atoms with Gasteiger partial charge in [0.15, 0.2) is 0 Å². The van der Waals surface area contributed by atoms with Crippen LogP contribution in [0.3, 0.4) is 0 Å². The largest absolute Gasteiger partial charge is 0.378 e. The van der Waals surface area contributed by atoms with Crippen LogP contribution in [0.2, 0.25) is 5.28 Å². The molecule has 1 saturated heterocycles. The van der Waals surface area contributed by atoms with Gasteiger partial charge in [0.25, 0.3) is 0 Å². The van der Waals surface area contributed by atoms with Crippen LogP contribution in [0.25, 0.3) is 0 Å². The third-order valence-electron chi connectivity index (χ3n) is 3.02. The maximum absolute atomic E-state index is 5.74. The minimum Gasteiger partial charge on any atom is -0.378 e. The van der Waals surface area contributed by atoms with Crippen molar-refractivity contribution in [2.75, 3.05) is 36.5 Å². The highest BCUT2D eigenvalue weighted by Gasteiger charge is 2.11. The standard InChI is InChI=1S/C13H14ClN5O/c14-12-15-9-16-13(18-12)17-10-2-1-3-11(8-10)19-4-6-20-7-5-19/h1-3,8-9H,4-7H2,(H,15,16,17,18). The molecule has 1 aromatic carbocycles. The number of benzene rings is 1. The SMILES string of the molecule is Clc1ncnc(Nc2cccc(N3CCOCC3)c2)n1. The predicted octanol–water partition coefficient (Wildman–Crippen LogP) is 2.11. The summed E-state index contributed by atoms with van der Waals surface area (Å²) in [5.74, 6) is 0.434. The lowest BCUT2D eigenvalue weighted by atomic mass is 10.2. The average Bonchev–Trinajstić information content (AvgIpc) is 2.48. The van der Waals surface area contributed by atoms with Gasteiger partial charge in [-0.2, -0.15) is 4.98 Å². The Morgan fingerprint density at radius 1 is 1.20 bits per heavy atom. The zero-order valence-corrected chi connectivity index (χ0v) is 11.5. The zero-order chi connectivity index (χ0) is 13.8. The third kappa shape index (κ3) is 3.15. The normalized spacial score (nSPS) is 15.2. The summed E-state index contributed by atoms with van der Waals surface area (Å²) in [5, 5.41) is 3.29.